The van der Waals surface area contributed by atoms with Crippen LogP contribution in [0.4, 0.5) is 0 Å². The number of hydrogen-bond acceptors (Lipinski definition) is 1. The van der Waals surface area contributed by atoms with Crippen molar-refractivity contribution in [3.8, 4) is 0 Å². The van der Waals surface area contributed by atoms with E-state index in [-0.39, 0.29) is 12.4 Å². The molecule has 0 bridgehead atoms. The molecule has 0 N–H and O–H groups in total. The third kappa shape index (κ3) is 5.24. The lowest BCUT2D eigenvalue weighted by Gasteiger charge is -2.30. The van der Waals surface area contributed by atoms with Crippen molar-refractivity contribution < 1.29 is 21.9 Å². The van der Waals surface area contributed by atoms with E-state index in [4.69, 9.17) is 4.84 Å². The van der Waals surface area contributed by atoms with Crippen molar-refractivity contribution >= 4 is 0 Å². The number of hydrogen-bond donors (Lipinski definition) is 0. The zero-order chi connectivity index (χ0) is 8.20. The van der Waals surface area contributed by atoms with Crippen LogP contribution in [-0.2, 0) is 4.84 Å². The fourth-order valence-electron chi connectivity index (χ4n) is 0.394. The molecule has 0 amide bonds. The second-order valence-electron chi connectivity index (χ2n) is 3.11. The Bertz CT molecular complexity index is 113. The monoisotopic (exact) mass is 179 g/mol. The van der Waals surface area contributed by atoms with E-state index in [1.54, 1.807) is 6.08 Å². The first-order valence-corrected chi connectivity index (χ1v) is 3.60. The van der Waals surface area contributed by atoms with E-state index >= 15 is 0 Å². The molecule has 0 spiro atoms. The van der Waals surface area contributed by atoms with Crippen LogP contribution < -0.4 is 12.4 Å². The predicted octanol–water partition coefficient (Wildman–Crippen LogP) is -1.41. The summed E-state index contributed by atoms with van der Waals surface area (Å²) in [6, 6.07) is 0.486. The summed E-state index contributed by atoms with van der Waals surface area (Å²) >= 11 is 0. The van der Waals surface area contributed by atoms with Crippen molar-refractivity contribution in [2.24, 2.45) is 0 Å². The van der Waals surface area contributed by atoms with Crippen LogP contribution in [0.1, 0.15) is 13.8 Å². The van der Waals surface area contributed by atoms with E-state index in [0.717, 1.165) is 0 Å². The summed E-state index contributed by atoms with van der Waals surface area (Å²) in [5, 5.41) is 0. The molecule has 11 heavy (non-hydrogen) atoms. The molecule has 3 heteroatoms. The van der Waals surface area contributed by atoms with Crippen molar-refractivity contribution in [1.29, 1.82) is 0 Å². The van der Waals surface area contributed by atoms with E-state index in [1.807, 2.05) is 14.1 Å². The van der Waals surface area contributed by atoms with Gasteiger partial charge in [0.05, 0.1) is 14.1 Å². The molecule has 2 nitrogen and oxygen atoms in total. The number of hydroxylamine groups is 3. The number of rotatable bonds is 4. The first-order chi connectivity index (χ1) is 4.50. The zero-order valence-corrected chi connectivity index (χ0v) is 8.56. The highest BCUT2D eigenvalue weighted by Crippen LogP contribution is 2.05. The molecular formula is C8H18ClNO. The Morgan fingerprint density at radius 3 is 2.18 bits per heavy atom. The molecule has 0 aromatic rings. The van der Waals surface area contributed by atoms with Gasteiger partial charge in [-0.3, -0.25) is 0 Å². The minimum absolute atomic E-state index is 0. The van der Waals surface area contributed by atoms with Gasteiger partial charge in [0.15, 0.2) is 0 Å². The van der Waals surface area contributed by atoms with Gasteiger partial charge in [-0.25, -0.2) is 0 Å². The molecule has 0 aromatic carbocycles. The summed E-state index contributed by atoms with van der Waals surface area (Å²) in [6.45, 7) is 8.46. The highest BCUT2D eigenvalue weighted by atomic mass is 35.5. The largest absolute Gasteiger partial charge is 1.00 e. The predicted molar refractivity (Wildman–Crippen MR) is 43.4 cm³/mol. The second-order valence-corrected chi connectivity index (χ2v) is 3.11. The lowest BCUT2D eigenvalue weighted by Crippen LogP contribution is -3.00. The van der Waals surface area contributed by atoms with Gasteiger partial charge in [0.25, 0.3) is 0 Å². The molecule has 0 unspecified atom stereocenters. The smallest absolute Gasteiger partial charge is 0.124 e. The lowest BCUT2D eigenvalue weighted by atomic mass is 10.4. The maximum absolute atomic E-state index is 5.46. The van der Waals surface area contributed by atoms with E-state index in [1.165, 1.54) is 0 Å². The Hall–Kier alpha value is -0.0500. The Morgan fingerprint density at radius 2 is 1.91 bits per heavy atom. The minimum atomic E-state index is 0. The Morgan fingerprint density at radius 1 is 1.45 bits per heavy atom. The fourth-order valence-corrected chi connectivity index (χ4v) is 0.394. The maximum atomic E-state index is 5.46. The third-order valence-electron chi connectivity index (χ3n) is 1.77. The van der Waals surface area contributed by atoms with E-state index in [2.05, 4.69) is 20.4 Å². The molecule has 68 valence electrons. The average molecular weight is 180 g/mol. The van der Waals surface area contributed by atoms with E-state index in [9.17, 15) is 0 Å². The summed E-state index contributed by atoms with van der Waals surface area (Å²) in [7, 11) is 4.07. The summed E-state index contributed by atoms with van der Waals surface area (Å²) in [5.41, 5.74) is 0. The van der Waals surface area contributed by atoms with Crippen LogP contribution in [0, 0.1) is 0 Å². The SMILES string of the molecule is C=CCO[N+](C)(C)C(C)C.[Cl-]. The highest BCUT2D eigenvalue weighted by molar-refractivity contribution is 4.62. The van der Waals surface area contributed by atoms with Gasteiger partial charge in [-0.05, 0) is 13.8 Å². The molecule has 0 fully saturated rings. The van der Waals surface area contributed by atoms with Crippen molar-refractivity contribution in [3.63, 3.8) is 0 Å². The standard InChI is InChI=1S/C8H18NO.ClH/c1-6-7-10-9(4,5)8(2)3;/h6,8H,1,7H2,2-5H3;1H/q+1;/p-1. The van der Waals surface area contributed by atoms with Crippen molar-refractivity contribution in [2.45, 2.75) is 19.9 Å². The van der Waals surface area contributed by atoms with Crippen LogP contribution in [0.3, 0.4) is 0 Å². The molecule has 0 saturated heterocycles. The first-order valence-electron chi connectivity index (χ1n) is 3.60. The van der Waals surface area contributed by atoms with Gasteiger partial charge >= 0.3 is 0 Å². The maximum Gasteiger partial charge on any atom is 0.124 e. The molecule has 0 saturated carbocycles. The second kappa shape index (κ2) is 5.58. The molecule has 0 radical (unpaired) electrons. The summed E-state index contributed by atoms with van der Waals surface area (Å²) in [4.78, 5) is 5.46. The van der Waals surface area contributed by atoms with E-state index < -0.39 is 0 Å². The van der Waals surface area contributed by atoms with Crippen LogP contribution in [0.25, 0.3) is 0 Å². The fraction of sp³-hybridized carbons (Fsp3) is 0.750. The molecule has 0 rings (SSSR count). The van der Waals surface area contributed by atoms with Crippen LogP contribution >= 0.6 is 0 Å². The third-order valence-corrected chi connectivity index (χ3v) is 1.77. The van der Waals surface area contributed by atoms with Gasteiger partial charge in [-0.2, -0.15) is 9.48 Å². The lowest BCUT2D eigenvalue weighted by molar-refractivity contribution is -1.09. The number of nitrogens with zero attached hydrogens (tertiary/aromatic N) is 1. The minimum Gasteiger partial charge on any atom is -1.00 e. The topological polar surface area (TPSA) is 9.23 Å². The Balaban J connectivity index is 0. The summed E-state index contributed by atoms with van der Waals surface area (Å²) in [5.74, 6) is 0. The van der Waals surface area contributed by atoms with Gasteiger partial charge in [0.1, 0.15) is 12.6 Å². The number of quaternary nitrogens is 1. The molecule has 0 aliphatic rings. The van der Waals surface area contributed by atoms with Crippen molar-refractivity contribution in [2.75, 3.05) is 20.7 Å². The molecular weight excluding hydrogens is 162 g/mol. The quantitative estimate of drug-likeness (QED) is 0.293. The Labute approximate surface area is 75.8 Å². The number of halogens is 1. The normalized spacial score (nSPS) is 11.0. The summed E-state index contributed by atoms with van der Waals surface area (Å²) < 4.78 is 0.589. The zero-order valence-electron chi connectivity index (χ0n) is 7.80. The van der Waals surface area contributed by atoms with Crippen LogP contribution in [-0.4, -0.2) is 31.4 Å². The molecule has 0 atom stereocenters. The van der Waals surface area contributed by atoms with Gasteiger partial charge in [-0.1, -0.05) is 6.08 Å². The Kier molecular flexibility index (Phi) is 6.87. The van der Waals surface area contributed by atoms with Gasteiger partial charge in [0.2, 0.25) is 0 Å². The molecule has 0 heterocycles. The average Bonchev–Trinajstić information content (AvgIpc) is 1.84. The molecule has 0 aliphatic carbocycles. The van der Waals surface area contributed by atoms with Crippen LogP contribution in [0.2, 0.25) is 0 Å². The van der Waals surface area contributed by atoms with Crippen molar-refractivity contribution in [3.05, 3.63) is 12.7 Å². The van der Waals surface area contributed by atoms with Crippen molar-refractivity contribution in [1.82, 2.24) is 0 Å². The van der Waals surface area contributed by atoms with Gasteiger partial charge < -0.3 is 12.4 Å². The van der Waals surface area contributed by atoms with Gasteiger partial charge in [-0.15, -0.1) is 6.58 Å². The van der Waals surface area contributed by atoms with Crippen LogP contribution in [0.5, 0.6) is 0 Å². The molecule has 0 aliphatic heterocycles. The first kappa shape index (κ1) is 13.5. The van der Waals surface area contributed by atoms with E-state index in [0.29, 0.717) is 17.3 Å². The van der Waals surface area contributed by atoms with Crippen LogP contribution in [0.15, 0.2) is 12.7 Å². The summed E-state index contributed by atoms with van der Waals surface area (Å²) in [6.07, 6.45) is 1.77. The van der Waals surface area contributed by atoms with Gasteiger partial charge in [0, 0.05) is 0 Å². The highest BCUT2D eigenvalue weighted by Gasteiger charge is 2.20. The molecule has 0 aromatic heterocycles.